The Morgan fingerprint density at radius 3 is 2.52 bits per heavy atom. The van der Waals surface area contributed by atoms with Crippen LogP contribution in [-0.4, -0.2) is 43.0 Å². The maximum absolute atomic E-state index is 12.3. The molecule has 5 heteroatoms. The predicted molar refractivity (Wildman–Crippen MR) is 98.3 cm³/mol. The van der Waals surface area contributed by atoms with Gasteiger partial charge in [0.1, 0.15) is 6.10 Å². The minimum atomic E-state index is -0.449. The summed E-state index contributed by atoms with van der Waals surface area (Å²) in [5.74, 6) is -0.146. The number of amides is 2. The Labute approximate surface area is 150 Å². The van der Waals surface area contributed by atoms with Gasteiger partial charge in [-0.05, 0) is 37.5 Å². The summed E-state index contributed by atoms with van der Waals surface area (Å²) in [6.45, 7) is 2.21. The van der Waals surface area contributed by atoms with E-state index in [1.54, 1.807) is 25.1 Å². The molecule has 0 aromatic heterocycles. The number of ether oxygens (including phenoxy) is 1. The molecule has 0 aliphatic heterocycles. The molecule has 1 saturated carbocycles. The third-order valence-electron chi connectivity index (χ3n) is 4.61. The summed E-state index contributed by atoms with van der Waals surface area (Å²) in [4.78, 5) is 25.8. The van der Waals surface area contributed by atoms with Gasteiger partial charge in [-0.1, -0.05) is 37.8 Å². The van der Waals surface area contributed by atoms with Crippen molar-refractivity contribution in [3.8, 4) is 0 Å². The van der Waals surface area contributed by atoms with Crippen LogP contribution in [0.4, 0.5) is 0 Å². The Morgan fingerprint density at radius 2 is 1.88 bits per heavy atom. The van der Waals surface area contributed by atoms with Gasteiger partial charge < -0.3 is 15.0 Å². The summed E-state index contributed by atoms with van der Waals surface area (Å²) < 4.78 is 5.94. The van der Waals surface area contributed by atoms with Crippen molar-refractivity contribution in [1.82, 2.24) is 10.2 Å². The molecular weight excluding hydrogens is 316 g/mol. The van der Waals surface area contributed by atoms with Gasteiger partial charge >= 0.3 is 0 Å². The average Bonchev–Trinajstić information content (AvgIpc) is 2.87. The van der Waals surface area contributed by atoms with E-state index >= 15 is 0 Å². The molecule has 5 nitrogen and oxygen atoms in total. The van der Waals surface area contributed by atoms with Crippen molar-refractivity contribution in [2.24, 2.45) is 0 Å². The second-order valence-electron chi connectivity index (χ2n) is 7.01. The lowest BCUT2D eigenvalue weighted by atomic mass is 10.1. The van der Waals surface area contributed by atoms with Gasteiger partial charge in [0.05, 0.1) is 6.10 Å². The summed E-state index contributed by atoms with van der Waals surface area (Å²) in [6.07, 6.45) is 6.75. The fourth-order valence-electron chi connectivity index (χ4n) is 3.13. The van der Waals surface area contributed by atoms with Gasteiger partial charge in [-0.2, -0.15) is 0 Å². The first-order valence-electron chi connectivity index (χ1n) is 9.21. The van der Waals surface area contributed by atoms with Crippen molar-refractivity contribution in [1.29, 1.82) is 0 Å². The molecule has 0 heterocycles. The molecule has 138 valence electrons. The van der Waals surface area contributed by atoms with Crippen LogP contribution >= 0.6 is 0 Å². The molecule has 1 fully saturated rings. The standard InChI is InChI=1S/C20H30N2O3/c1-15(25-18-11-6-4-5-7-12-18)19(23)21-14-16-9-8-10-17(13-16)20(24)22(2)3/h8-10,13,15,18H,4-7,11-12,14H2,1-3H3,(H,21,23). The van der Waals surface area contributed by atoms with Crippen LogP contribution in [0.15, 0.2) is 24.3 Å². The zero-order chi connectivity index (χ0) is 18.2. The van der Waals surface area contributed by atoms with Crippen molar-refractivity contribution in [3.05, 3.63) is 35.4 Å². The van der Waals surface area contributed by atoms with Crippen LogP contribution < -0.4 is 5.32 Å². The molecule has 25 heavy (non-hydrogen) atoms. The van der Waals surface area contributed by atoms with Gasteiger partial charge in [-0.3, -0.25) is 9.59 Å². The van der Waals surface area contributed by atoms with E-state index in [0.29, 0.717) is 12.1 Å². The molecule has 1 N–H and O–H groups in total. The highest BCUT2D eigenvalue weighted by atomic mass is 16.5. The molecular formula is C20H30N2O3. The first-order valence-corrected chi connectivity index (χ1v) is 9.21. The molecule has 1 unspecified atom stereocenters. The average molecular weight is 346 g/mol. The number of hydrogen-bond donors (Lipinski definition) is 1. The predicted octanol–water partition coefficient (Wildman–Crippen LogP) is 3.13. The van der Waals surface area contributed by atoms with Crippen LogP contribution in [0.25, 0.3) is 0 Å². The molecule has 0 bridgehead atoms. The van der Waals surface area contributed by atoms with Crippen LogP contribution in [0, 0.1) is 0 Å². The number of nitrogens with one attached hydrogen (secondary N) is 1. The zero-order valence-electron chi connectivity index (χ0n) is 15.6. The summed E-state index contributed by atoms with van der Waals surface area (Å²) >= 11 is 0. The van der Waals surface area contributed by atoms with Crippen LogP contribution in [0.3, 0.4) is 0 Å². The van der Waals surface area contributed by atoms with E-state index in [1.807, 2.05) is 25.1 Å². The van der Waals surface area contributed by atoms with Crippen molar-refractivity contribution >= 4 is 11.8 Å². The number of hydrogen-bond acceptors (Lipinski definition) is 3. The normalized spacial score (nSPS) is 16.8. The van der Waals surface area contributed by atoms with Crippen molar-refractivity contribution < 1.29 is 14.3 Å². The molecule has 1 atom stereocenters. The fourth-order valence-corrected chi connectivity index (χ4v) is 3.13. The highest BCUT2D eigenvalue weighted by molar-refractivity contribution is 5.94. The lowest BCUT2D eigenvalue weighted by Gasteiger charge is -2.20. The Hall–Kier alpha value is -1.88. The second-order valence-corrected chi connectivity index (χ2v) is 7.01. The molecule has 2 rings (SSSR count). The van der Waals surface area contributed by atoms with Gasteiger partial charge in [0, 0.05) is 26.2 Å². The number of nitrogens with zero attached hydrogens (tertiary/aromatic N) is 1. The van der Waals surface area contributed by atoms with Crippen molar-refractivity contribution in [2.45, 2.75) is 64.2 Å². The van der Waals surface area contributed by atoms with E-state index in [4.69, 9.17) is 4.74 Å². The monoisotopic (exact) mass is 346 g/mol. The first kappa shape index (κ1) is 19.4. The molecule has 0 radical (unpaired) electrons. The Balaban J connectivity index is 1.84. The van der Waals surface area contributed by atoms with Gasteiger partial charge in [0.25, 0.3) is 5.91 Å². The Bertz CT molecular complexity index is 578. The molecule has 1 aliphatic rings. The van der Waals surface area contributed by atoms with Gasteiger partial charge in [-0.25, -0.2) is 0 Å². The highest BCUT2D eigenvalue weighted by Gasteiger charge is 2.20. The first-order chi connectivity index (χ1) is 12.0. The Kier molecular flexibility index (Phi) is 7.44. The molecule has 0 spiro atoms. The van der Waals surface area contributed by atoms with Crippen molar-refractivity contribution in [3.63, 3.8) is 0 Å². The SMILES string of the molecule is CC(OC1CCCCCC1)C(=O)NCc1cccc(C(=O)N(C)C)c1. The summed E-state index contributed by atoms with van der Waals surface area (Å²) in [6, 6.07) is 7.35. The van der Waals surface area contributed by atoms with E-state index in [2.05, 4.69) is 5.32 Å². The fraction of sp³-hybridized carbons (Fsp3) is 0.600. The van der Waals surface area contributed by atoms with Crippen LogP contribution in [0.5, 0.6) is 0 Å². The van der Waals surface area contributed by atoms with Crippen LogP contribution in [-0.2, 0) is 16.1 Å². The zero-order valence-corrected chi connectivity index (χ0v) is 15.6. The molecule has 2 amide bonds. The maximum Gasteiger partial charge on any atom is 0.253 e. The second kappa shape index (κ2) is 9.56. The van der Waals surface area contributed by atoms with E-state index in [9.17, 15) is 9.59 Å². The van der Waals surface area contributed by atoms with Crippen molar-refractivity contribution in [2.75, 3.05) is 14.1 Å². The summed E-state index contributed by atoms with van der Waals surface area (Å²) in [7, 11) is 3.45. The van der Waals surface area contributed by atoms with Crippen LogP contribution in [0.1, 0.15) is 61.4 Å². The maximum atomic E-state index is 12.3. The largest absolute Gasteiger partial charge is 0.365 e. The number of benzene rings is 1. The Morgan fingerprint density at radius 1 is 1.20 bits per heavy atom. The summed E-state index contributed by atoms with van der Waals surface area (Å²) in [5.41, 5.74) is 1.53. The van der Waals surface area contributed by atoms with Crippen LogP contribution in [0.2, 0.25) is 0 Å². The van der Waals surface area contributed by atoms with E-state index < -0.39 is 6.10 Å². The molecule has 1 aliphatic carbocycles. The lowest BCUT2D eigenvalue weighted by Crippen LogP contribution is -2.36. The van der Waals surface area contributed by atoms with Gasteiger partial charge in [0.15, 0.2) is 0 Å². The third-order valence-corrected chi connectivity index (χ3v) is 4.61. The number of carbonyl (C=O) groups is 2. The smallest absolute Gasteiger partial charge is 0.253 e. The number of rotatable bonds is 6. The minimum Gasteiger partial charge on any atom is -0.365 e. The topological polar surface area (TPSA) is 58.6 Å². The lowest BCUT2D eigenvalue weighted by molar-refractivity contribution is -0.136. The van der Waals surface area contributed by atoms with Gasteiger partial charge in [-0.15, -0.1) is 0 Å². The third kappa shape index (κ3) is 6.16. The molecule has 0 saturated heterocycles. The molecule has 1 aromatic rings. The van der Waals surface area contributed by atoms with Gasteiger partial charge in [0.2, 0.25) is 5.91 Å². The minimum absolute atomic E-state index is 0.0433. The molecule has 1 aromatic carbocycles. The summed E-state index contributed by atoms with van der Waals surface area (Å²) in [5, 5.41) is 2.91. The van der Waals surface area contributed by atoms with E-state index in [1.165, 1.54) is 25.7 Å². The van der Waals surface area contributed by atoms with E-state index in [0.717, 1.165) is 18.4 Å². The highest BCUT2D eigenvalue weighted by Crippen LogP contribution is 2.21. The van der Waals surface area contributed by atoms with E-state index in [-0.39, 0.29) is 17.9 Å². The quantitative estimate of drug-likeness (QED) is 0.805. The number of carbonyl (C=O) groups excluding carboxylic acids is 2.